The van der Waals surface area contributed by atoms with Gasteiger partial charge in [-0.3, -0.25) is 0 Å². The molecular weight excluding hydrogens is 295 g/mol. The first-order chi connectivity index (χ1) is 9.69. The van der Waals surface area contributed by atoms with E-state index in [2.05, 4.69) is 5.32 Å². The summed E-state index contributed by atoms with van der Waals surface area (Å²) in [4.78, 5) is 6.14. The van der Waals surface area contributed by atoms with Crippen molar-refractivity contribution in [2.75, 3.05) is 6.54 Å². The van der Waals surface area contributed by atoms with E-state index in [1.807, 2.05) is 6.92 Å². The van der Waals surface area contributed by atoms with Crippen LogP contribution in [0.2, 0.25) is 5.02 Å². The Morgan fingerprint density at radius 1 is 1.45 bits per heavy atom. The molecule has 0 spiro atoms. The van der Waals surface area contributed by atoms with Gasteiger partial charge in [0.25, 0.3) is 0 Å². The van der Waals surface area contributed by atoms with E-state index in [0.717, 1.165) is 30.0 Å². The number of thiazole rings is 1. The molecule has 1 aliphatic rings. The number of benzene rings is 1. The molecule has 3 rings (SSSR count). The Labute approximate surface area is 127 Å². The lowest BCUT2D eigenvalue weighted by molar-refractivity contribution is 0.611. The van der Waals surface area contributed by atoms with Crippen LogP contribution in [-0.4, -0.2) is 11.5 Å². The van der Waals surface area contributed by atoms with E-state index in [1.54, 1.807) is 17.4 Å². The molecule has 0 radical (unpaired) electrons. The number of hydrogen-bond donors (Lipinski definition) is 1. The van der Waals surface area contributed by atoms with Gasteiger partial charge in [-0.25, -0.2) is 9.37 Å². The fraction of sp³-hybridized carbons (Fsp3) is 0.400. The Morgan fingerprint density at radius 3 is 3.00 bits per heavy atom. The van der Waals surface area contributed by atoms with Crippen molar-refractivity contribution in [1.82, 2.24) is 10.3 Å². The molecule has 2 aromatic rings. The summed E-state index contributed by atoms with van der Waals surface area (Å²) in [5.41, 5.74) is 2.12. The minimum absolute atomic E-state index is 0.0521. The molecule has 0 amide bonds. The Hall–Kier alpha value is -0.970. The monoisotopic (exact) mass is 310 g/mol. The summed E-state index contributed by atoms with van der Waals surface area (Å²) in [6, 6.07) is 4.51. The molecule has 1 aliphatic carbocycles. The van der Waals surface area contributed by atoms with E-state index in [0.29, 0.717) is 5.02 Å². The second-order valence-corrected chi connectivity index (χ2v) is 6.45. The number of rotatable bonds is 4. The molecule has 1 heterocycles. The zero-order chi connectivity index (χ0) is 14.1. The van der Waals surface area contributed by atoms with Crippen molar-refractivity contribution in [3.8, 4) is 0 Å². The van der Waals surface area contributed by atoms with Gasteiger partial charge in [-0.15, -0.1) is 11.3 Å². The maximum absolute atomic E-state index is 13.2. The number of hydrogen-bond acceptors (Lipinski definition) is 3. The summed E-state index contributed by atoms with van der Waals surface area (Å²) in [6.07, 6.45) is 3.41. The molecule has 106 valence electrons. The molecule has 1 aromatic heterocycles. The van der Waals surface area contributed by atoms with Crippen LogP contribution in [0.5, 0.6) is 0 Å². The zero-order valence-corrected chi connectivity index (χ0v) is 12.8. The van der Waals surface area contributed by atoms with E-state index in [1.165, 1.54) is 29.1 Å². The molecule has 5 heteroatoms. The SMILES string of the molecule is CCNC(c1nc2c(s1)CCC2)c1ccc(F)cc1Cl. The average Bonchev–Trinajstić information content (AvgIpc) is 2.97. The quantitative estimate of drug-likeness (QED) is 0.918. The number of aromatic nitrogens is 1. The van der Waals surface area contributed by atoms with Crippen molar-refractivity contribution in [2.24, 2.45) is 0 Å². The molecular formula is C15H16ClFN2S. The summed E-state index contributed by atoms with van der Waals surface area (Å²) >= 11 is 7.95. The van der Waals surface area contributed by atoms with Gasteiger partial charge >= 0.3 is 0 Å². The molecule has 1 atom stereocenters. The first kappa shape index (κ1) is 14.0. The minimum Gasteiger partial charge on any atom is -0.304 e. The molecule has 0 fully saturated rings. The highest BCUT2D eigenvalue weighted by Gasteiger charge is 2.24. The van der Waals surface area contributed by atoms with Crippen LogP contribution < -0.4 is 5.32 Å². The lowest BCUT2D eigenvalue weighted by Gasteiger charge is -2.17. The van der Waals surface area contributed by atoms with Gasteiger partial charge in [0.2, 0.25) is 0 Å². The summed E-state index contributed by atoms with van der Waals surface area (Å²) < 4.78 is 13.2. The Balaban J connectivity index is 1.99. The number of nitrogens with one attached hydrogen (secondary N) is 1. The van der Waals surface area contributed by atoms with Crippen molar-refractivity contribution in [3.05, 3.63) is 50.2 Å². The van der Waals surface area contributed by atoms with Crippen molar-refractivity contribution >= 4 is 22.9 Å². The first-order valence-electron chi connectivity index (χ1n) is 6.86. The minimum atomic E-state index is -0.310. The third-order valence-corrected chi connectivity index (χ3v) is 5.09. The standard InChI is InChI=1S/C15H16ClFN2S/c1-2-18-14(10-7-6-9(17)8-11(10)16)15-19-12-4-3-5-13(12)20-15/h6-8,14,18H,2-5H2,1H3. The summed E-state index contributed by atoms with van der Waals surface area (Å²) in [7, 11) is 0. The number of aryl methyl sites for hydroxylation is 2. The van der Waals surface area contributed by atoms with Gasteiger partial charge in [0, 0.05) is 9.90 Å². The van der Waals surface area contributed by atoms with Crippen molar-refractivity contribution in [3.63, 3.8) is 0 Å². The fourth-order valence-electron chi connectivity index (χ4n) is 2.60. The molecule has 2 nitrogen and oxygen atoms in total. The molecule has 1 unspecified atom stereocenters. The van der Waals surface area contributed by atoms with Crippen LogP contribution in [0.4, 0.5) is 4.39 Å². The van der Waals surface area contributed by atoms with Gasteiger partial charge in [0.05, 0.1) is 11.7 Å². The fourth-order valence-corrected chi connectivity index (χ4v) is 4.13. The summed E-state index contributed by atoms with van der Waals surface area (Å²) in [5.74, 6) is -0.310. The summed E-state index contributed by atoms with van der Waals surface area (Å²) in [6.45, 7) is 2.86. The van der Waals surface area contributed by atoms with Gasteiger partial charge in [0.1, 0.15) is 10.8 Å². The van der Waals surface area contributed by atoms with E-state index in [9.17, 15) is 4.39 Å². The molecule has 0 saturated heterocycles. The third-order valence-electron chi connectivity index (χ3n) is 3.54. The van der Waals surface area contributed by atoms with Crippen LogP contribution in [0.15, 0.2) is 18.2 Å². The average molecular weight is 311 g/mol. The largest absolute Gasteiger partial charge is 0.304 e. The van der Waals surface area contributed by atoms with Crippen LogP contribution in [0.3, 0.4) is 0 Å². The summed E-state index contributed by atoms with van der Waals surface area (Å²) in [5, 5.41) is 4.89. The predicted octanol–water partition coefficient (Wildman–Crippen LogP) is 4.12. The molecule has 0 saturated carbocycles. The first-order valence-corrected chi connectivity index (χ1v) is 8.05. The van der Waals surface area contributed by atoms with E-state index in [-0.39, 0.29) is 11.9 Å². The number of halogens is 2. The van der Waals surface area contributed by atoms with Gasteiger partial charge in [-0.2, -0.15) is 0 Å². The zero-order valence-electron chi connectivity index (χ0n) is 11.2. The smallest absolute Gasteiger partial charge is 0.124 e. The lowest BCUT2D eigenvalue weighted by atomic mass is 10.1. The second kappa shape index (κ2) is 5.80. The van der Waals surface area contributed by atoms with Gasteiger partial charge < -0.3 is 5.32 Å². The topological polar surface area (TPSA) is 24.9 Å². The predicted molar refractivity (Wildman–Crippen MR) is 81.1 cm³/mol. The Kier molecular flexibility index (Phi) is 4.06. The van der Waals surface area contributed by atoms with Crippen LogP contribution in [0, 0.1) is 5.82 Å². The second-order valence-electron chi connectivity index (χ2n) is 4.93. The normalized spacial score (nSPS) is 15.3. The molecule has 20 heavy (non-hydrogen) atoms. The van der Waals surface area contributed by atoms with Crippen LogP contribution in [0.25, 0.3) is 0 Å². The van der Waals surface area contributed by atoms with Gasteiger partial charge in [-0.05, 0) is 43.5 Å². The van der Waals surface area contributed by atoms with Crippen molar-refractivity contribution in [1.29, 1.82) is 0 Å². The highest BCUT2D eigenvalue weighted by molar-refractivity contribution is 7.11. The van der Waals surface area contributed by atoms with Crippen molar-refractivity contribution in [2.45, 2.75) is 32.2 Å². The van der Waals surface area contributed by atoms with E-state index >= 15 is 0 Å². The van der Waals surface area contributed by atoms with Crippen LogP contribution >= 0.6 is 22.9 Å². The lowest BCUT2D eigenvalue weighted by Crippen LogP contribution is -2.22. The highest BCUT2D eigenvalue weighted by Crippen LogP contribution is 2.35. The van der Waals surface area contributed by atoms with Crippen LogP contribution in [-0.2, 0) is 12.8 Å². The molecule has 1 aromatic carbocycles. The number of nitrogens with zero attached hydrogens (tertiary/aromatic N) is 1. The van der Waals surface area contributed by atoms with E-state index < -0.39 is 0 Å². The Morgan fingerprint density at radius 2 is 2.30 bits per heavy atom. The van der Waals surface area contributed by atoms with E-state index in [4.69, 9.17) is 16.6 Å². The molecule has 0 aliphatic heterocycles. The maximum Gasteiger partial charge on any atom is 0.124 e. The Bertz CT molecular complexity index is 605. The third kappa shape index (κ3) is 2.60. The maximum atomic E-state index is 13.2. The van der Waals surface area contributed by atoms with Crippen molar-refractivity contribution < 1.29 is 4.39 Å². The molecule has 1 N–H and O–H groups in total. The van der Waals surface area contributed by atoms with Gasteiger partial charge in [0.15, 0.2) is 0 Å². The van der Waals surface area contributed by atoms with Crippen LogP contribution in [0.1, 0.15) is 40.5 Å². The highest BCUT2D eigenvalue weighted by atomic mass is 35.5. The molecule has 0 bridgehead atoms. The van der Waals surface area contributed by atoms with Gasteiger partial charge in [-0.1, -0.05) is 24.6 Å². The number of fused-ring (bicyclic) bond motifs is 1.